The minimum Gasteiger partial charge on any atom is -0.504 e. The van der Waals surface area contributed by atoms with E-state index < -0.39 is 5.41 Å². The lowest BCUT2D eigenvalue weighted by atomic mass is 9.68. The van der Waals surface area contributed by atoms with Gasteiger partial charge in [-0.15, -0.1) is 0 Å². The summed E-state index contributed by atoms with van der Waals surface area (Å²) in [7, 11) is 2.92. The Kier molecular flexibility index (Phi) is 7.36. The van der Waals surface area contributed by atoms with Crippen LogP contribution in [-0.2, 0) is 9.59 Å². The van der Waals surface area contributed by atoms with Crippen molar-refractivity contribution >= 4 is 23.7 Å². The van der Waals surface area contributed by atoms with Gasteiger partial charge in [-0.3, -0.25) is 9.59 Å². The molecule has 32 heavy (non-hydrogen) atoms. The number of allylic oxidation sites excluding steroid dienone is 2. The lowest BCUT2D eigenvalue weighted by Gasteiger charge is -2.32. The molecule has 0 spiro atoms. The molecule has 168 valence electrons. The molecular formula is C26H28O6. The van der Waals surface area contributed by atoms with Crippen LogP contribution in [0.3, 0.4) is 0 Å². The van der Waals surface area contributed by atoms with E-state index in [0.717, 1.165) is 19.3 Å². The van der Waals surface area contributed by atoms with Gasteiger partial charge < -0.3 is 19.7 Å². The number of hydrogen-bond donors (Lipinski definition) is 2. The zero-order valence-electron chi connectivity index (χ0n) is 18.3. The summed E-state index contributed by atoms with van der Waals surface area (Å²) in [5.74, 6) is 0.229. The number of phenols is 2. The molecule has 0 heterocycles. The van der Waals surface area contributed by atoms with E-state index in [-0.39, 0.29) is 23.1 Å². The Balaban J connectivity index is 1.83. The van der Waals surface area contributed by atoms with Crippen molar-refractivity contribution in [2.75, 3.05) is 14.2 Å². The standard InChI is InChI=1S/C26H28O6/c1-31-22-16-18(6-10-20(22)27)8-12-24(29)26(14-4-3-5-15-26)25(30)13-9-19-7-11-21(28)23(17-19)32-2/h6-13,16-17,27-28H,3-5,14-15H2,1-2H3/b12-8+,13-9+. The molecule has 2 N–H and O–H groups in total. The largest absolute Gasteiger partial charge is 0.504 e. The number of methoxy groups -OCH3 is 2. The molecule has 2 aromatic carbocycles. The van der Waals surface area contributed by atoms with Gasteiger partial charge in [0.25, 0.3) is 0 Å². The van der Waals surface area contributed by atoms with Crippen molar-refractivity contribution in [1.29, 1.82) is 0 Å². The maximum atomic E-state index is 13.2. The van der Waals surface area contributed by atoms with Crippen LogP contribution >= 0.6 is 0 Å². The molecule has 0 radical (unpaired) electrons. The van der Waals surface area contributed by atoms with Crippen LogP contribution < -0.4 is 9.47 Å². The smallest absolute Gasteiger partial charge is 0.169 e. The van der Waals surface area contributed by atoms with Crippen molar-refractivity contribution in [3.05, 3.63) is 59.7 Å². The lowest BCUT2D eigenvalue weighted by molar-refractivity contribution is -0.137. The van der Waals surface area contributed by atoms with Crippen LogP contribution in [0.4, 0.5) is 0 Å². The summed E-state index contributed by atoms with van der Waals surface area (Å²) in [6.45, 7) is 0. The Morgan fingerprint density at radius 3 is 1.62 bits per heavy atom. The van der Waals surface area contributed by atoms with Crippen molar-refractivity contribution in [2.45, 2.75) is 32.1 Å². The third kappa shape index (κ3) is 5.02. The highest BCUT2D eigenvalue weighted by atomic mass is 16.5. The van der Waals surface area contributed by atoms with Gasteiger partial charge in [-0.1, -0.05) is 43.5 Å². The van der Waals surface area contributed by atoms with Gasteiger partial charge in [0.2, 0.25) is 0 Å². The van der Waals surface area contributed by atoms with Gasteiger partial charge >= 0.3 is 0 Å². The molecule has 3 rings (SSSR count). The second kappa shape index (κ2) is 10.2. The fourth-order valence-corrected chi connectivity index (χ4v) is 4.03. The van der Waals surface area contributed by atoms with E-state index in [4.69, 9.17) is 9.47 Å². The normalized spacial score (nSPS) is 15.7. The van der Waals surface area contributed by atoms with Gasteiger partial charge in [-0.2, -0.15) is 0 Å². The molecule has 0 unspecified atom stereocenters. The number of aromatic hydroxyl groups is 2. The Labute approximate surface area is 187 Å². The molecule has 1 fully saturated rings. The second-order valence-electron chi connectivity index (χ2n) is 7.90. The summed E-state index contributed by atoms with van der Waals surface area (Å²) < 4.78 is 10.2. The molecule has 2 aromatic rings. The predicted molar refractivity (Wildman–Crippen MR) is 123 cm³/mol. The average Bonchev–Trinajstić information content (AvgIpc) is 2.82. The monoisotopic (exact) mass is 436 g/mol. The van der Waals surface area contributed by atoms with E-state index in [1.165, 1.54) is 38.5 Å². The molecule has 0 atom stereocenters. The number of ketones is 2. The van der Waals surface area contributed by atoms with Crippen molar-refractivity contribution in [1.82, 2.24) is 0 Å². The number of phenolic OH excluding ortho intramolecular Hbond substituents is 2. The summed E-state index contributed by atoms with van der Waals surface area (Å²) in [6, 6.07) is 9.61. The first kappa shape index (κ1) is 23.1. The number of ether oxygens (including phenoxy) is 2. The maximum absolute atomic E-state index is 13.2. The fraction of sp³-hybridized carbons (Fsp3) is 0.308. The lowest BCUT2D eigenvalue weighted by Crippen LogP contribution is -2.39. The molecule has 6 nitrogen and oxygen atoms in total. The molecule has 0 amide bonds. The van der Waals surface area contributed by atoms with E-state index in [1.54, 1.807) is 36.4 Å². The summed E-state index contributed by atoms with van der Waals surface area (Å²) in [5.41, 5.74) is 0.309. The minimum absolute atomic E-state index is 0.0194. The van der Waals surface area contributed by atoms with Gasteiger partial charge in [-0.05, 0) is 60.4 Å². The molecule has 0 aromatic heterocycles. The molecule has 6 heteroatoms. The Hall–Kier alpha value is -3.54. The van der Waals surface area contributed by atoms with Gasteiger partial charge in [0.1, 0.15) is 0 Å². The van der Waals surface area contributed by atoms with E-state index in [0.29, 0.717) is 35.5 Å². The van der Waals surface area contributed by atoms with Crippen molar-refractivity contribution in [3.63, 3.8) is 0 Å². The Morgan fingerprint density at radius 2 is 1.22 bits per heavy atom. The fourth-order valence-electron chi connectivity index (χ4n) is 4.03. The first-order valence-corrected chi connectivity index (χ1v) is 10.6. The summed E-state index contributed by atoms with van der Waals surface area (Å²) in [5, 5.41) is 19.5. The van der Waals surface area contributed by atoms with E-state index in [9.17, 15) is 19.8 Å². The Morgan fingerprint density at radius 1 is 0.781 bits per heavy atom. The van der Waals surface area contributed by atoms with Gasteiger partial charge in [0.15, 0.2) is 34.6 Å². The van der Waals surface area contributed by atoms with Gasteiger partial charge in [0.05, 0.1) is 19.6 Å². The van der Waals surface area contributed by atoms with E-state index >= 15 is 0 Å². The quantitative estimate of drug-likeness (QED) is 0.450. The number of rotatable bonds is 8. The van der Waals surface area contributed by atoms with Crippen LogP contribution in [0, 0.1) is 5.41 Å². The zero-order valence-corrected chi connectivity index (χ0v) is 18.3. The van der Waals surface area contributed by atoms with Crippen LogP contribution in [0.2, 0.25) is 0 Å². The highest BCUT2D eigenvalue weighted by Gasteiger charge is 2.43. The summed E-state index contributed by atoms with van der Waals surface area (Å²) in [4.78, 5) is 26.5. The first-order valence-electron chi connectivity index (χ1n) is 10.6. The van der Waals surface area contributed by atoms with Crippen LogP contribution in [0.25, 0.3) is 12.2 Å². The highest BCUT2D eigenvalue weighted by molar-refractivity contribution is 6.17. The zero-order chi connectivity index (χ0) is 23.1. The molecule has 1 saturated carbocycles. The Bertz CT molecular complexity index is 967. The summed E-state index contributed by atoms with van der Waals surface area (Å²) in [6.07, 6.45) is 9.84. The molecule has 0 aliphatic heterocycles. The molecule has 1 aliphatic rings. The molecule has 0 bridgehead atoms. The molecular weight excluding hydrogens is 408 g/mol. The van der Waals surface area contributed by atoms with Crippen LogP contribution in [0.5, 0.6) is 23.0 Å². The van der Waals surface area contributed by atoms with Crippen molar-refractivity contribution in [2.24, 2.45) is 5.41 Å². The van der Waals surface area contributed by atoms with Crippen LogP contribution in [0.1, 0.15) is 43.2 Å². The van der Waals surface area contributed by atoms with Crippen LogP contribution in [0.15, 0.2) is 48.6 Å². The van der Waals surface area contributed by atoms with Gasteiger partial charge in [-0.25, -0.2) is 0 Å². The van der Waals surface area contributed by atoms with Crippen molar-refractivity contribution in [3.8, 4) is 23.0 Å². The highest BCUT2D eigenvalue weighted by Crippen LogP contribution is 2.39. The maximum Gasteiger partial charge on any atom is 0.169 e. The second-order valence-corrected chi connectivity index (χ2v) is 7.90. The van der Waals surface area contributed by atoms with Crippen molar-refractivity contribution < 1.29 is 29.3 Å². The van der Waals surface area contributed by atoms with Crippen LogP contribution in [-0.4, -0.2) is 36.0 Å². The number of carbonyl (C=O) groups excluding carboxylic acids is 2. The number of hydrogen-bond acceptors (Lipinski definition) is 6. The summed E-state index contributed by atoms with van der Waals surface area (Å²) >= 11 is 0. The topological polar surface area (TPSA) is 93.1 Å². The average molecular weight is 437 g/mol. The third-order valence-electron chi connectivity index (χ3n) is 5.91. The van der Waals surface area contributed by atoms with E-state index in [1.807, 2.05) is 0 Å². The molecule has 0 saturated heterocycles. The predicted octanol–water partition coefficient (Wildman–Crippen LogP) is 4.93. The minimum atomic E-state index is -1.08. The van der Waals surface area contributed by atoms with Gasteiger partial charge in [0, 0.05) is 0 Å². The number of carbonyl (C=O) groups is 2. The number of benzene rings is 2. The SMILES string of the molecule is COc1cc(/C=C/C(=O)C2(C(=O)/C=C/c3ccc(O)c(OC)c3)CCCCC2)ccc1O. The van der Waals surface area contributed by atoms with E-state index in [2.05, 4.69) is 0 Å². The molecule has 1 aliphatic carbocycles. The first-order chi connectivity index (χ1) is 15.4. The third-order valence-corrected chi connectivity index (χ3v) is 5.91.